The lowest BCUT2D eigenvalue weighted by molar-refractivity contribution is 0.102. The Balaban J connectivity index is 2.17. The average molecular weight is 343 g/mol. The van der Waals surface area contributed by atoms with Crippen molar-refractivity contribution in [1.82, 2.24) is 4.98 Å². The van der Waals surface area contributed by atoms with Crippen LogP contribution in [0, 0.1) is 5.82 Å². The highest BCUT2D eigenvalue weighted by molar-refractivity contribution is 7.89. The van der Waals surface area contributed by atoms with Crippen LogP contribution in [0.15, 0.2) is 36.5 Å². The van der Waals surface area contributed by atoms with E-state index in [4.69, 9.17) is 11.6 Å². The quantitative estimate of drug-likeness (QED) is 0.926. The topological polar surface area (TPSA) is 76.1 Å². The molecule has 2 aromatic rings. The van der Waals surface area contributed by atoms with Crippen LogP contribution in [0.2, 0.25) is 5.02 Å². The average Bonchev–Trinajstić information content (AvgIpc) is 2.40. The van der Waals surface area contributed by atoms with Crippen molar-refractivity contribution in [2.24, 2.45) is 0 Å². The van der Waals surface area contributed by atoms with Gasteiger partial charge in [-0.05, 0) is 24.3 Å². The molecule has 0 aliphatic heterocycles. The van der Waals surface area contributed by atoms with E-state index >= 15 is 0 Å². The van der Waals surface area contributed by atoms with E-state index in [2.05, 4.69) is 10.3 Å². The van der Waals surface area contributed by atoms with E-state index in [0.29, 0.717) is 5.02 Å². The Morgan fingerprint density at radius 1 is 1.32 bits per heavy atom. The number of nitrogens with one attached hydrogen (secondary N) is 1. The van der Waals surface area contributed by atoms with Gasteiger partial charge in [-0.25, -0.2) is 12.8 Å². The van der Waals surface area contributed by atoms with Crippen molar-refractivity contribution in [3.63, 3.8) is 0 Å². The number of aromatic nitrogens is 1. The van der Waals surface area contributed by atoms with Gasteiger partial charge in [-0.15, -0.1) is 0 Å². The zero-order valence-corrected chi connectivity index (χ0v) is 13.1. The summed E-state index contributed by atoms with van der Waals surface area (Å²) in [6.45, 7) is 0. The SMILES string of the molecule is CS(=O)(=O)Cc1ccc(NC(=O)c2cc(Cl)ccn2)cc1F. The summed E-state index contributed by atoms with van der Waals surface area (Å²) in [5.41, 5.74) is 0.330. The van der Waals surface area contributed by atoms with E-state index in [-0.39, 0.29) is 16.9 Å². The number of carbonyl (C=O) groups excluding carboxylic acids is 1. The van der Waals surface area contributed by atoms with Crippen LogP contribution in [-0.2, 0) is 15.6 Å². The molecule has 0 unspecified atom stereocenters. The summed E-state index contributed by atoms with van der Waals surface area (Å²) in [5, 5.41) is 2.82. The zero-order valence-electron chi connectivity index (χ0n) is 11.5. The molecule has 1 aromatic heterocycles. The minimum absolute atomic E-state index is 0.0429. The lowest BCUT2D eigenvalue weighted by Gasteiger charge is -2.07. The van der Waals surface area contributed by atoms with Gasteiger partial charge >= 0.3 is 0 Å². The van der Waals surface area contributed by atoms with Crippen LogP contribution in [0.3, 0.4) is 0 Å². The van der Waals surface area contributed by atoms with Crippen LogP contribution >= 0.6 is 11.6 Å². The molecule has 1 aromatic carbocycles. The van der Waals surface area contributed by atoms with Crippen LogP contribution in [0.1, 0.15) is 16.1 Å². The number of pyridine rings is 1. The zero-order chi connectivity index (χ0) is 16.3. The highest BCUT2D eigenvalue weighted by Crippen LogP contribution is 2.17. The maximum atomic E-state index is 13.8. The van der Waals surface area contributed by atoms with Crippen molar-refractivity contribution in [2.75, 3.05) is 11.6 Å². The molecule has 1 heterocycles. The second-order valence-electron chi connectivity index (χ2n) is 4.69. The maximum Gasteiger partial charge on any atom is 0.274 e. The van der Waals surface area contributed by atoms with E-state index < -0.39 is 27.3 Å². The van der Waals surface area contributed by atoms with E-state index in [1.807, 2.05) is 0 Å². The Hall–Kier alpha value is -1.99. The van der Waals surface area contributed by atoms with Crippen LogP contribution in [0.5, 0.6) is 0 Å². The number of hydrogen-bond donors (Lipinski definition) is 1. The Bertz CT molecular complexity index is 825. The van der Waals surface area contributed by atoms with Crippen LogP contribution in [0.25, 0.3) is 0 Å². The third-order valence-corrected chi connectivity index (χ3v) is 3.75. The molecule has 1 amide bonds. The number of amides is 1. The van der Waals surface area contributed by atoms with Crippen molar-refractivity contribution < 1.29 is 17.6 Å². The molecule has 0 saturated carbocycles. The number of halogens is 2. The van der Waals surface area contributed by atoms with Gasteiger partial charge in [0, 0.05) is 28.7 Å². The van der Waals surface area contributed by atoms with Crippen molar-refractivity contribution in [1.29, 1.82) is 0 Å². The van der Waals surface area contributed by atoms with Crippen LogP contribution < -0.4 is 5.32 Å². The number of benzene rings is 1. The fourth-order valence-corrected chi connectivity index (χ4v) is 2.71. The molecule has 0 radical (unpaired) electrons. The fourth-order valence-electron chi connectivity index (χ4n) is 1.75. The van der Waals surface area contributed by atoms with Gasteiger partial charge in [0.1, 0.15) is 11.5 Å². The highest BCUT2D eigenvalue weighted by atomic mass is 35.5. The molecule has 0 aliphatic carbocycles. The molecular weight excluding hydrogens is 331 g/mol. The third kappa shape index (κ3) is 4.51. The van der Waals surface area contributed by atoms with Crippen molar-refractivity contribution in [3.05, 3.63) is 58.6 Å². The van der Waals surface area contributed by atoms with Crippen molar-refractivity contribution in [3.8, 4) is 0 Å². The fraction of sp³-hybridized carbons (Fsp3) is 0.143. The summed E-state index contributed by atoms with van der Waals surface area (Å²) in [5.74, 6) is -1.65. The third-order valence-electron chi connectivity index (χ3n) is 2.68. The lowest BCUT2D eigenvalue weighted by atomic mass is 10.2. The predicted octanol–water partition coefficient (Wildman–Crippen LogP) is 2.67. The Labute approximate surface area is 132 Å². The molecular formula is C14H12ClFN2O3S. The molecule has 22 heavy (non-hydrogen) atoms. The first-order chi connectivity index (χ1) is 10.2. The first kappa shape index (κ1) is 16.4. The van der Waals surface area contributed by atoms with E-state index in [0.717, 1.165) is 12.3 Å². The molecule has 2 rings (SSSR count). The Morgan fingerprint density at radius 2 is 2.05 bits per heavy atom. The van der Waals surface area contributed by atoms with Gasteiger partial charge in [-0.2, -0.15) is 0 Å². The van der Waals surface area contributed by atoms with Gasteiger partial charge in [0.2, 0.25) is 0 Å². The summed E-state index contributed by atoms with van der Waals surface area (Å²) >= 11 is 5.76. The van der Waals surface area contributed by atoms with Gasteiger partial charge in [0.05, 0.1) is 5.75 Å². The first-order valence-corrected chi connectivity index (χ1v) is 8.57. The van der Waals surface area contributed by atoms with E-state index in [1.54, 1.807) is 0 Å². The largest absolute Gasteiger partial charge is 0.321 e. The molecule has 0 saturated heterocycles. The number of carbonyl (C=O) groups is 1. The number of sulfone groups is 1. The monoisotopic (exact) mass is 342 g/mol. The van der Waals surface area contributed by atoms with Crippen LogP contribution in [0.4, 0.5) is 10.1 Å². The van der Waals surface area contributed by atoms with Gasteiger partial charge in [0.15, 0.2) is 9.84 Å². The Kier molecular flexibility index (Phi) is 4.77. The second-order valence-corrected chi connectivity index (χ2v) is 7.27. The lowest BCUT2D eigenvalue weighted by Crippen LogP contribution is -2.14. The molecule has 8 heteroatoms. The standard InChI is InChI=1S/C14H12ClFN2O3S/c1-22(20,21)8-9-2-3-11(7-12(9)16)18-14(19)13-6-10(15)4-5-17-13/h2-7H,8H2,1H3,(H,18,19). The smallest absolute Gasteiger partial charge is 0.274 e. The van der Waals surface area contributed by atoms with Gasteiger partial charge in [-0.1, -0.05) is 17.7 Å². The predicted molar refractivity (Wildman–Crippen MR) is 82.1 cm³/mol. The summed E-state index contributed by atoms with van der Waals surface area (Å²) in [7, 11) is -3.34. The summed E-state index contributed by atoms with van der Waals surface area (Å²) in [6.07, 6.45) is 2.40. The number of hydrogen-bond acceptors (Lipinski definition) is 4. The first-order valence-electron chi connectivity index (χ1n) is 6.14. The minimum atomic E-state index is -3.34. The number of anilines is 1. The highest BCUT2D eigenvalue weighted by Gasteiger charge is 2.12. The molecule has 0 atom stereocenters. The molecule has 0 aliphatic rings. The maximum absolute atomic E-state index is 13.8. The van der Waals surface area contributed by atoms with Crippen molar-refractivity contribution in [2.45, 2.75) is 5.75 Å². The molecule has 5 nitrogen and oxygen atoms in total. The van der Waals surface area contributed by atoms with Crippen molar-refractivity contribution >= 4 is 33.0 Å². The molecule has 116 valence electrons. The normalized spacial score (nSPS) is 11.2. The van der Waals surface area contributed by atoms with E-state index in [9.17, 15) is 17.6 Å². The van der Waals surface area contributed by atoms with Crippen LogP contribution in [-0.4, -0.2) is 25.6 Å². The van der Waals surface area contributed by atoms with Gasteiger partial charge in [-0.3, -0.25) is 9.78 Å². The minimum Gasteiger partial charge on any atom is -0.321 e. The second kappa shape index (κ2) is 6.41. The summed E-state index contributed by atoms with van der Waals surface area (Å²) in [4.78, 5) is 15.8. The van der Waals surface area contributed by atoms with Gasteiger partial charge in [0.25, 0.3) is 5.91 Å². The molecule has 1 N–H and O–H groups in total. The summed E-state index contributed by atoms with van der Waals surface area (Å²) < 4.78 is 36.2. The van der Waals surface area contributed by atoms with E-state index in [1.165, 1.54) is 30.5 Å². The summed E-state index contributed by atoms with van der Waals surface area (Å²) in [6, 6.07) is 6.70. The molecule has 0 fully saturated rings. The van der Waals surface area contributed by atoms with Gasteiger partial charge < -0.3 is 5.32 Å². The number of nitrogens with zero attached hydrogens (tertiary/aromatic N) is 1. The Morgan fingerprint density at radius 3 is 2.64 bits per heavy atom. The molecule has 0 bridgehead atoms. The number of rotatable bonds is 4. The molecule has 0 spiro atoms.